The Labute approximate surface area is 211 Å². The van der Waals surface area contributed by atoms with E-state index in [2.05, 4.69) is 34.0 Å². The van der Waals surface area contributed by atoms with Gasteiger partial charge in [-0.1, -0.05) is 12.1 Å². The minimum atomic E-state index is -0.392. The highest BCUT2D eigenvalue weighted by molar-refractivity contribution is 6.01. The van der Waals surface area contributed by atoms with Crippen LogP contribution in [-0.4, -0.2) is 66.9 Å². The van der Waals surface area contributed by atoms with Crippen molar-refractivity contribution in [3.8, 4) is 5.75 Å². The average Bonchev–Trinajstić information content (AvgIpc) is 2.88. The molecule has 0 unspecified atom stereocenters. The second kappa shape index (κ2) is 9.33. The van der Waals surface area contributed by atoms with E-state index in [4.69, 9.17) is 9.72 Å². The van der Waals surface area contributed by atoms with Gasteiger partial charge < -0.3 is 25.6 Å². The fraction of sp³-hybridized carbons (Fsp3) is 0.464. The van der Waals surface area contributed by atoms with Gasteiger partial charge in [-0.2, -0.15) is 0 Å². The molecule has 0 bridgehead atoms. The highest BCUT2D eigenvalue weighted by atomic mass is 16.5. The van der Waals surface area contributed by atoms with Crippen molar-refractivity contribution < 1.29 is 14.3 Å². The van der Waals surface area contributed by atoms with E-state index in [1.807, 2.05) is 30.3 Å². The first-order valence-corrected chi connectivity index (χ1v) is 13.0. The Bertz CT molecular complexity index is 1230. The molecule has 8 nitrogen and oxygen atoms in total. The molecule has 2 saturated heterocycles. The topological polar surface area (TPSA) is 95.6 Å². The van der Waals surface area contributed by atoms with Gasteiger partial charge in [-0.25, -0.2) is 4.98 Å². The van der Waals surface area contributed by atoms with E-state index in [0.29, 0.717) is 30.1 Å². The van der Waals surface area contributed by atoms with E-state index < -0.39 is 5.60 Å². The van der Waals surface area contributed by atoms with Crippen LogP contribution in [0.1, 0.15) is 53.6 Å². The van der Waals surface area contributed by atoms with Crippen LogP contribution in [0.5, 0.6) is 5.75 Å². The van der Waals surface area contributed by atoms with Crippen molar-refractivity contribution in [2.75, 3.05) is 50.4 Å². The van der Waals surface area contributed by atoms with Crippen molar-refractivity contribution in [1.82, 2.24) is 15.2 Å². The summed E-state index contributed by atoms with van der Waals surface area (Å²) in [5.74, 6) is 2.24. The van der Waals surface area contributed by atoms with Crippen LogP contribution < -0.4 is 20.7 Å². The molecular weight excluding hydrogens is 454 g/mol. The molecule has 1 aromatic heterocycles. The molecule has 0 atom stereocenters. The van der Waals surface area contributed by atoms with Gasteiger partial charge in [-0.3, -0.25) is 9.59 Å². The highest BCUT2D eigenvalue weighted by Gasteiger charge is 2.41. The third-order valence-corrected chi connectivity index (χ3v) is 8.02. The number of benzene rings is 1. The molecule has 36 heavy (non-hydrogen) atoms. The lowest BCUT2D eigenvalue weighted by Gasteiger charge is -2.41. The van der Waals surface area contributed by atoms with Gasteiger partial charge in [0.15, 0.2) is 5.78 Å². The van der Waals surface area contributed by atoms with Crippen molar-refractivity contribution >= 4 is 28.9 Å². The molecule has 1 amide bonds. The zero-order valence-electron chi connectivity index (χ0n) is 20.7. The smallest absolute Gasteiger partial charge is 0.228 e. The van der Waals surface area contributed by atoms with E-state index in [1.54, 1.807) is 0 Å². The number of amides is 1. The molecule has 188 valence electrons. The molecule has 5 heterocycles. The van der Waals surface area contributed by atoms with Crippen molar-refractivity contribution in [1.29, 1.82) is 0 Å². The number of Topliss-reactive ketones (excluding diaryl/α,β-unsaturated/α-hetero) is 1. The Hall–Kier alpha value is -3.23. The van der Waals surface area contributed by atoms with Gasteiger partial charge >= 0.3 is 0 Å². The van der Waals surface area contributed by atoms with E-state index in [-0.39, 0.29) is 17.6 Å². The number of rotatable bonds is 3. The van der Waals surface area contributed by atoms with Crippen LogP contribution in [-0.2, 0) is 4.79 Å². The summed E-state index contributed by atoms with van der Waals surface area (Å²) >= 11 is 0. The first-order valence-electron chi connectivity index (χ1n) is 13.0. The highest BCUT2D eigenvalue weighted by Crippen LogP contribution is 2.41. The number of likely N-dealkylation sites (tertiary alicyclic amines) is 1. The van der Waals surface area contributed by atoms with E-state index in [1.165, 1.54) is 0 Å². The van der Waals surface area contributed by atoms with Crippen LogP contribution in [0.25, 0.3) is 5.57 Å². The maximum atomic E-state index is 12.9. The van der Waals surface area contributed by atoms with E-state index >= 15 is 0 Å². The second-order valence-corrected chi connectivity index (χ2v) is 10.5. The number of nitrogens with one attached hydrogen (secondary N) is 3. The number of anilines is 2. The first-order chi connectivity index (χ1) is 17.5. The standard InChI is InChI=1S/C28H33N5O3/c1-33-14-7-18(8-15-33)27(35)32-25-5-4-21-20(6-11-30-26(21)31-25)19-2-3-22-23(34)17-28(36-24(22)16-19)9-12-29-13-10-28/h2-6,16,18,29H,7-15,17H2,1H3,(H2,30,31,32,35). The van der Waals surface area contributed by atoms with Gasteiger partial charge in [0, 0.05) is 30.9 Å². The summed E-state index contributed by atoms with van der Waals surface area (Å²) in [6.07, 6.45) is 6.01. The SMILES string of the molecule is CN1CCC(C(=O)Nc2ccc3c(n2)NCC=C3c2ccc3c(c2)OC2(CCNCC2)CC3=O)CC1. The van der Waals surface area contributed by atoms with Crippen molar-refractivity contribution in [3.63, 3.8) is 0 Å². The minimum absolute atomic E-state index is 0.0314. The number of ether oxygens (including phenoxy) is 1. The largest absolute Gasteiger partial charge is 0.486 e. The molecule has 4 aliphatic rings. The first kappa shape index (κ1) is 23.2. The van der Waals surface area contributed by atoms with Crippen LogP contribution in [0.15, 0.2) is 36.4 Å². The molecule has 1 spiro atoms. The number of nitrogens with zero attached hydrogens (tertiary/aromatic N) is 2. The Balaban J connectivity index is 1.23. The van der Waals surface area contributed by atoms with Gasteiger partial charge in [0.1, 0.15) is 23.0 Å². The lowest BCUT2D eigenvalue weighted by molar-refractivity contribution is -0.121. The normalized spacial score (nSPS) is 21.6. The van der Waals surface area contributed by atoms with Crippen LogP contribution in [0.4, 0.5) is 11.6 Å². The fourth-order valence-electron chi connectivity index (χ4n) is 5.84. The monoisotopic (exact) mass is 487 g/mol. The Kier molecular flexibility index (Phi) is 6.01. The van der Waals surface area contributed by atoms with Crippen LogP contribution in [0.3, 0.4) is 0 Å². The van der Waals surface area contributed by atoms with Gasteiger partial charge in [0.25, 0.3) is 0 Å². The molecule has 0 saturated carbocycles. The number of carbonyl (C=O) groups is 2. The van der Waals surface area contributed by atoms with Crippen LogP contribution in [0.2, 0.25) is 0 Å². The van der Waals surface area contributed by atoms with Crippen molar-refractivity contribution in [2.45, 2.75) is 37.7 Å². The van der Waals surface area contributed by atoms with Crippen molar-refractivity contribution in [3.05, 3.63) is 53.1 Å². The van der Waals surface area contributed by atoms with Gasteiger partial charge in [-0.05, 0) is 81.5 Å². The lowest BCUT2D eigenvalue weighted by atomic mass is 9.82. The summed E-state index contributed by atoms with van der Waals surface area (Å²) < 4.78 is 6.51. The molecule has 2 aromatic rings. The maximum Gasteiger partial charge on any atom is 0.228 e. The number of aromatic nitrogens is 1. The van der Waals surface area contributed by atoms with Crippen molar-refractivity contribution in [2.24, 2.45) is 5.92 Å². The second-order valence-electron chi connectivity index (χ2n) is 10.5. The van der Waals surface area contributed by atoms with Gasteiger partial charge in [-0.15, -0.1) is 0 Å². The maximum absolute atomic E-state index is 12.9. The molecule has 0 radical (unpaired) electrons. The molecule has 8 heteroatoms. The molecular formula is C28H33N5O3. The zero-order chi connectivity index (χ0) is 24.7. The summed E-state index contributed by atoms with van der Waals surface area (Å²) in [6.45, 7) is 4.26. The zero-order valence-corrected chi connectivity index (χ0v) is 20.7. The number of carbonyl (C=O) groups excluding carboxylic acids is 2. The number of pyridine rings is 1. The van der Waals surface area contributed by atoms with Gasteiger partial charge in [0.05, 0.1) is 12.0 Å². The summed E-state index contributed by atoms with van der Waals surface area (Å²) in [7, 11) is 2.09. The number of hydrogen-bond donors (Lipinski definition) is 3. The Morgan fingerprint density at radius 3 is 2.72 bits per heavy atom. The van der Waals surface area contributed by atoms with E-state index in [0.717, 1.165) is 74.4 Å². The minimum Gasteiger partial charge on any atom is -0.486 e. The van der Waals surface area contributed by atoms with Gasteiger partial charge in [0.2, 0.25) is 5.91 Å². The summed E-state index contributed by atoms with van der Waals surface area (Å²) in [6, 6.07) is 9.77. The number of ketones is 1. The lowest BCUT2D eigenvalue weighted by Crippen LogP contribution is -2.49. The summed E-state index contributed by atoms with van der Waals surface area (Å²) in [4.78, 5) is 32.7. The van der Waals surface area contributed by atoms with E-state index in [9.17, 15) is 9.59 Å². The average molecular weight is 488 g/mol. The third kappa shape index (κ3) is 4.40. The molecule has 2 fully saturated rings. The Morgan fingerprint density at radius 2 is 1.92 bits per heavy atom. The van der Waals surface area contributed by atoms with Crippen LogP contribution in [0, 0.1) is 5.92 Å². The molecule has 0 aliphatic carbocycles. The molecule has 3 N–H and O–H groups in total. The predicted molar refractivity (Wildman–Crippen MR) is 140 cm³/mol. The quantitative estimate of drug-likeness (QED) is 0.611. The summed E-state index contributed by atoms with van der Waals surface area (Å²) in [5, 5.41) is 9.72. The molecule has 6 rings (SSSR count). The third-order valence-electron chi connectivity index (χ3n) is 8.02. The summed E-state index contributed by atoms with van der Waals surface area (Å²) in [5.41, 5.74) is 3.30. The fourth-order valence-corrected chi connectivity index (χ4v) is 5.84. The number of piperidine rings is 2. The number of hydrogen-bond acceptors (Lipinski definition) is 7. The Morgan fingerprint density at radius 1 is 1.14 bits per heavy atom. The van der Waals surface area contributed by atoms with Crippen LogP contribution >= 0.6 is 0 Å². The molecule has 4 aliphatic heterocycles. The molecule has 1 aromatic carbocycles. The predicted octanol–water partition coefficient (Wildman–Crippen LogP) is 3.31. The number of fused-ring (bicyclic) bond motifs is 2.